The first kappa shape index (κ1) is 17.2. The fourth-order valence-electron chi connectivity index (χ4n) is 2.49. The highest BCUT2D eigenvalue weighted by molar-refractivity contribution is 6.28. The molecule has 0 saturated heterocycles. The molecule has 0 fully saturated rings. The third kappa shape index (κ3) is 3.88. The number of aromatic carboxylic acids is 1. The van der Waals surface area contributed by atoms with Gasteiger partial charge in [-0.15, -0.1) is 0 Å². The van der Waals surface area contributed by atoms with Crippen LogP contribution in [0.1, 0.15) is 35.7 Å². The Kier molecular flexibility index (Phi) is 5.14. The first-order valence-corrected chi connectivity index (χ1v) is 8.40. The second kappa shape index (κ2) is 7.48. The number of anilines is 1. The largest absolute Gasteiger partial charge is 0.478 e. The average Bonchev–Trinajstić information content (AvgIpc) is 2.98. The Balaban J connectivity index is 1.88. The highest BCUT2D eigenvalue weighted by atomic mass is 35.5. The number of nitrogens with one attached hydrogen (secondary N) is 1. The molecule has 7 nitrogen and oxygen atoms in total. The highest BCUT2D eigenvalue weighted by Crippen LogP contribution is 2.22. The molecule has 0 bridgehead atoms. The lowest BCUT2D eigenvalue weighted by molar-refractivity contribution is 0.0697. The normalized spacial score (nSPS) is 11.0. The van der Waals surface area contributed by atoms with Crippen LogP contribution in [-0.4, -0.2) is 37.1 Å². The van der Waals surface area contributed by atoms with Gasteiger partial charge in [0.05, 0.1) is 18.4 Å². The summed E-state index contributed by atoms with van der Waals surface area (Å²) in [5.74, 6) is -0.314. The Hall–Kier alpha value is -2.67. The summed E-state index contributed by atoms with van der Waals surface area (Å²) in [6.45, 7) is 3.43. The molecule has 25 heavy (non-hydrogen) atoms. The lowest BCUT2D eigenvalue weighted by Crippen LogP contribution is -2.06. The molecule has 0 aliphatic carbocycles. The number of aromatic nitrogens is 4. The summed E-state index contributed by atoms with van der Waals surface area (Å²) in [6, 6.07) is 6.71. The molecule has 0 atom stereocenters. The quantitative estimate of drug-likeness (QED) is 0.496. The van der Waals surface area contributed by atoms with E-state index in [2.05, 4.69) is 27.2 Å². The van der Waals surface area contributed by atoms with Crippen molar-refractivity contribution >= 4 is 34.6 Å². The molecule has 0 radical (unpaired) electrons. The molecular weight excluding hydrogens is 342 g/mol. The number of imidazole rings is 1. The van der Waals surface area contributed by atoms with Gasteiger partial charge in [-0.2, -0.15) is 9.97 Å². The average molecular weight is 360 g/mol. The Morgan fingerprint density at radius 1 is 1.28 bits per heavy atom. The van der Waals surface area contributed by atoms with E-state index < -0.39 is 5.97 Å². The second-order valence-electron chi connectivity index (χ2n) is 5.67. The van der Waals surface area contributed by atoms with E-state index in [1.165, 1.54) is 0 Å². The third-order valence-electron chi connectivity index (χ3n) is 3.81. The van der Waals surface area contributed by atoms with Gasteiger partial charge in [-0.25, -0.2) is 9.78 Å². The van der Waals surface area contributed by atoms with Gasteiger partial charge in [0, 0.05) is 6.54 Å². The van der Waals surface area contributed by atoms with E-state index in [1.54, 1.807) is 30.6 Å². The van der Waals surface area contributed by atoms with Gasteiger partial charge in [0.15, 0.2) is 17.0 Å². The molecule has 3 rings (SSSR count). The van der Waals surface area contributed by atoms with E-state index in [-0.39, 0.29) is 10.8 Å². The van der Waals surface area contributed by atoms with Gasteiger partial charge in [-0.05, 0) is 35.7 Å². The maximum Gasteiger partial charge on any atom is 0.335 e. The fourth-order valence-corrected chi connectivity index (χ4v) is 2.65. The molecule has 1 aromatic carbocycles. The number of nitrogens with zero attached hydrogens (tertiary/aromatic N) is 4. The molecule has 8 heteroatoms. The Morgan fingerprint density at radius 3 is 2.72 bits per heavy atom. The summed E-state index contributed by atoms with van der Waals surface area (Å²) >= 11 is 6.06. The van der Waals surface area contributed by atoms with E-state index in [9.17, 15) is 4.79 Å². The van der Waals surface area contributed by atoms with E-state index in [0.29, 0.717) is 23.5 Å². The highest BCUT2D eigenvalue weighted by Gasteiger charge is 2.13. The van der Waals surface area contributed by atoms with Crippen molar-refractivity contribution in [1.29, 1.82) is 0 Å². The van der Waals surface area contributed by atoms with Crippen LogP contribution in [0.2, 0.25) is 5.28 Å². The van der Waals surface area contributed by atoms with Crippen LogP contribution < -0.4 is 5.32 Å². The van der Waals surface area contributed by atoms with Crippen LogP contribution in [0.25, 0.3) is 11.2 Å². The fraction of sp³-hybridized carbons (Fsp3) is 0.294. The molecule has 0 unspecified atom stereocenters. The van der Waals surface area contributed by atoms with Crippen LogP contribution in [0.5, 0.6) is 0 Å². The van der Waals surface area contributed by atoms with Crippen LogP contribution >= 0.6 is 11.6 Å². The molecule has 2 aromatic heterocycles. The molecule has 0 spiro atoms. The number of hydrogen-bond donors (Lipinski definition) is 2. The van der Waals surface area contributed by atoms with Crippen molar-refractivity contribution in [2.75, 3.05) is 11.9 Å². The summed E-state index contributed by atoms with van der Waals surface area (Å²) in [4.78, 5) is 23.9. The second-order valence-corrected chi connectivity index (χ2v) is 6.01. The number of unbranched alkanes of at least 4 members (excludes halogenated alkanes) is 1. The number of carbonyl (C=O) groups is 1. The summed E-state index contributed by atoms with van der Waals surface area (Å²) in [5, 5.41) is 12.4. The number of halogens is 1. The maximum atomic E-state index is 10.9. The minimum absolute atomic E-state index is 0.162. The van der Waals surface area contributed by atoms with Crippen molar-refractivity contribution in [1.82, 2.24) is 19.5 Å². The molecule has 2 heterocycles. The van der Waals surface area contributed by atoms with E-state index in [0.717, 1.165) is 24.9 Å². The summed E-state index contributed by atoms with van der Waals surface area (Å²) in [7, 11) is 0. The van der Waals surface area contributed by atoms with Crippen molar-refractivity contribution in [3.05, 3.63) is 47.0 Å². The number of hydrogen-bond acceptors (Lipinski definition) is 5. The van der Waals surface area contributed by atoms with Gasteiger partial charge in [-0.3, -0.25) is 0 Å². The summed E-state index contributed by atoms with van der Waals surface area (Å²) < 4.78 is 1.86. The zero-order valence-electron chi connectivity index (χ0n) is 13.7. The van der Waals surface area contributed by atoms with Crippen LogP contribution in [0.3, 0.4) is 0 Å². The van der Waals surface area contributed by atoms with Crippen molar-refractivity contribution in [3.8, 4) is 0 Å². The van der Waals surface area contributed by atoms with Gasteiger partial charge in [0.1, 0.15) is 0 Å². The molecule has 0 amide bonds. The summed E-state index contributed by atoms with van der Waals surface area (Å²) in [6.07, 6.45) is 3.79. The zero-order chi connectivity index (χ0) is 17.8. The lowest BCUT2D eigenvalue weighted by atomic mass is 10.1. The molecule has 0 saturated carbocycles. The van der Waals surface area contributed by atoms with Gasteiger partial charge in [0.2, 0.25) is 5.28 Å². The Bertz CT molecular complexity index is 892. The van der Waals surface area contributed by atoms with Crippen molar-refractivity contribution < 1.29 is 9.90 Å². The molecular formula is C17H18ClN5O2. The zero-order valence-corrected chi connectivity index (χ0v) is 14.5. The first-order chi connectivity index (χ1) is 12.1. The monoisotopic (exact) mass is 359 g/mol. The molecule has 130 valence electrons. The molecule has 0 aliphatic rings. The molecule has 0 aliphatic heterocycles. The number of benzene rings is 1. The van der Waals surface area contributed by atoms with Gasteiger partial charge in [0.25, 0.3) is 0 Å². The minimum atomic E-state index is -0.943. The van der Waals surface area contributed by atoms with E-state index in [4.69, 9.17) is 16.7 Å². The third-order valence-corrected chi connectivity index (χ3v) is 3.98. The predicted molar refractivity (Wildman–Crippen MR) is 96.2 cm³/mol. The van der Waals surface area contributed by atoms with Crippen molar-refractivity contribution in [2.24, 2.45) is 0 Å². The predicted octanol–water partition coefficient (Wildman–Crippen LogP) is 3.44. The van der Waals surface area contributed by atoms with E-state index >= 15 is 0 Å². The van der Waals surface area contributed by atoms with Crippen LogP contribution in [0.15, 0.2) is 30.6 Å². The van der Waals surface area contributed by atoms with Gasteiger partial charge >= 0.3 is 5.97 Å². The van der Waals surface area contributed by atoms with Crippen LogP contribution in [-0.2, 0) is 6.54 Å². The van der Waals surface area contributed by atoms with Gasteiger partial charge < -0.3 is 15.0 Å². The molecule has 3 aromatic rings. The number of rotatable bonds is 7. The number of carboxylic acid groups (broad SMARTS) is 1. The van der Waals surface area contributed by atoms with Crippen molar-refractivity contribution in [3.63, 3.8) is 0 Å². The Labute approximate surface area is 149 Å². The SMILES string of the molecule is CCCCNc1nc(Cl)nc2c1ncn2Cc1ccc(C(=O)O)cc1. The number of carboxylic acids is 1. The van der Waals surface area contributed by atoms with Gasteiger partial charge in [-0.1, -0.05) is 25.5 Å². The standard InChI is InChI=1S/C17H18ClN5O2/c1-2-3-8-19-14-13-15(22-17(18)21-14)23(10-20-13)9-11-4-6-12(7-5-11)16(24)25/h4-7,10H,2-3,8-9H2,1H3,(H,24,25)(H,19,21,22). The number of fused-ring (bicyclic) bond motifs is 1. The van der Waals surface area contributed by atoms with Crippen molar-refractivity contribution in [2.45, 2.75) is 26.3 Å². The maximum absolute atomic E-state index is 10.9. The summed E-state index contributed by atoms with van der Waals surface area (Å²) in [5.41, 5.74) is 2.51. The smallest absolute Gasteiger partial charge is 0.335 e. The van der Waals surface area contributed by atoms with E-state index in [1.807, 2.05) is 4.57 Å². The van der Waals surface area contributed by atoms with Crippen LogP contribution in [0.4, 0.5) is 5.82 Å². The Morgan fingerprint density at radius 2 is 2.04 bits per heavy atom. The topological polar surface area (TPSA) is 92.9 Å². The molecule has 2 N–H and O–H groups in total. The first-order valence-electron chi connectivity index (χ1n) is 8.03. The minimum Gasteiger partial charge on any atom is -0.478 e. The lowest BCUT2D eigenvalue weighted by Gasteiger charge is -2.07. The van der Waals surface area contributed by atoms with Crippen LogP contribution in [0, 0.1) is 0 Å².